The summed E-state index contributed by atoms with van der Waals surface area (Å²) < 4.78 is 28.5. The van der Waals surface area contributed by atoms with E-state index in [-0.39, 0.29) is 11.3 Å². The summed E-state index contributed by atoms with van der Waals surface area (Å²) in [6.45, 7) is 1.97. The standard InChI is InChI=1S/C25H19F2NO4/c1-2-14-3-5-16(6-4-14)23(30)21-22(15-7-10-18(29)11-8-15)28(25(32)24(21)31)20-13-17(26)9-12-19(20)27/h3-13,22,29-30H,2H2,1H3/b23-21+. The summed E-state index contributed by atoms with van der Waals surface area (Å²) in [7, 11) is 0. The van der Waals surface area contributed by atoms with Gasteiger partial charge in [-0.05, 0) is 41.8 Å². The number of aromatic hydroxyl groups is 1. The SMILES string of the molecule is CCc1ccc(/C(O)=C2\C(=O)C(=O)N(c3cc(F)ccc3F)C2c2ccc(O)cc2)cc1. The topological polar surface area (TPSA) is 77.8 Å². The number of aliphatic hydroxyl groups excluding tert-OH is 1. The summed E-state index contributed by atoms with van der Waals surface area (Å²) in [5.74, 6) is -4.29. The number of aliphatic hydroxyl groups is 1. The second kappa shape index (κ2) is 8.26. The van der Waals surface area contributed by atoms with Gasteiger partial charge in [0.15, 0.2) is 0 Å². The molecule has 1 aliphatic heterocycles. The third kappa shape index (κ3) is 3.62. The number of aryl methyl sites for hydroxylation is 1. The van der Waals surface area contributed by atoms with Crippen molar-refractivity contribution in [1.29, 1.82) is 0 Å². The van der Waals surface area contributed by atoms with E-state index in [9.17, 15) is 28.6 Å². The van der Waals surface area contributed by atoms with Crippen LogP contribution in [0.3, 0.4) is 0 Å². The number of amides is 1. The van der Waals surface area contributed by atoms with Gasteiger partial charge in [-0.2, -0.15) is 0 Å². The van der Waals surface area contributed by atoms with Gasteiger partial charge in [-0.3, -0.25) is 14.5 Å². The molecule has 0 spiro atoms. The van der Waals surface area contributed by atoms with Crippen LogP contribution in [0.4, 0.5) is 14.5 Å². The highest BCUT2D eigenvalue weighted by molar-refractivity contribution is 6.51. The fraction of sp³-hybridized carbons (Fsp3) is 0.120. The second-order valence-corrected chi connectivity index (χ2v) is 7.41. The number of carbonyl (C=O) groups excluding carboxylic acids is 2. The molecular weight excluding hydrogens is 416 g/mol. The molecule has 4 rings (SSSR count). The number of halogens is 2. The van der Waals surface area contributed by atoms with E-state index >= 15 is 0 Å². The number of ketones is 1. The van der Waals surface area contributed by atoms with Gasteiger partial charge < -0.3 is 10.2 Å². The summed E-state index contributed by atoms with van der Waals surface area (Å²) in [6, 6.07) is 13.8. The molecule has 1 amide bonds. The first-order valence-electron chi connectivity index (χ1n) is 9.96. The first-order valence-corrected chi connectivity index (χ1v) is 9.96. The fourth-order valence-corrected chi connectivity index (χ4v) is 3.78. The van der Waals surface area contributed by atoms with E-state index in [4.69, 9.17) is 0 Å². The van der Waals surface area contributed by atoms with Gasteiger partial charge in [-0.25, -0.2) is 8.78 Å². The highest BCUT2D eigenvalue weighted by Crippen LogP contribution is 2.43. The number of hydrogen-bond acceptors (Lipinski definition) is 4. The van der Waals surface area contributed by atoms with Crippen molar-refractivity contribution in [2.75, 3.05) is 4.90 Å². The van der Waals surface area contributed by atoms with Crippen molar-refractivity contribution in [2.24, 2.45) is 0 Å². The maximum absolute atomic E-state index is 14.6. The minimum Gasteiger partial charge on any atom is -0.508 e. The van der Waals surface area contributed by atoms with E-state index in [2.05, 4.69) is 0 Å². The Morgan fingerprint density at radius 3 is 2.25 bits per heavy atom. The van der Waals surface area contributed by atoms with Crippen molar-refractivity contribution in [3.05, 3.63) is 101 Å². The van der Waals surface area contributed by atoms with Crippen molar-refractivity contribution >= 4 is 23.1 Å². The van der Waals surface area contributed by atoms with Crippen LogP contribution in [0.15, 0.2) is 72.3 Å². The van der Waals surface area contributed by atoms with Gasteiger partial charge in [0.05, 0.1) is 17.3 Å². The monoisotopic (exact) mass is 435 g/mol. The van der Waals surface area contributed by atoms with Crippen molar-refractivity contribution in [3.8, 4) is 5.75 Å². The number of phenolic OH excluding ortho intramolecular Hbond substituents is 1. The zero-order chi connectivity index (χ0) is 23.0. The molecule has 3 aromatic rings. The van der Waals surface area contributed by atoms with Crippen LogP contribution in [0.2, 0.25) is 0 Å². The minimum atomic E-state index is -1.22. The first kappa shape index (κ1) is 21.2. The lowest BCUT2D eigenvalue weighted by Gasteiger charge is -2.25. The van der Waals surface area contributed by atoms with Crippen molar-refractivity contribution < 1.29 is 28.6 Å². The molecule has 1 aliphatic rings. The summed E-state index contributed by atoms with van der Waals surface area (Å²) in [5.41, 5.74) is 0.971. The van der Waals surface area contributed by atoms with E-state index in [1.807, 2.05) is 6.92 Å². The highest BCUT2D eigenvalue weighted by atomic mass is 19.1. The van der Waals surface area contributed by atoms with Gasteiger partial charge in [-0.1, -0.05) is 43.3 Å². The lowest BCUT2D eigenvalue weighted by atomic mass is 9.94. The lowest BCUT2D eigenvalue weighted by Crippen LogP contribution is -2.30. The Bertz CT molecular complexity index is 1230. The van der Waals surface area contributed by atoms with Crippen LogP contribution < -0.4 is 4.90 Å². The van der Waals surface area contributed by atoms with E-state index < -0.39 is 40.8 Å². The second-order valence-electron chi connectivity index (χ2n) is 7.41. The number of carbonyl (C=O) groups is 2. The number of phenols is 1. The molecule has 0 aromatic heterocycles. The van der Waals surface area contributed by atoms with Crippen molar-refractivity contribution in [3.63, 3.8) is 0 Å². The molecule has 1 atom stereocenters. The van der Waals surface area contributed by atoms with Gasteiger partial charge in [0.1, 0.15) is 23.1 Å². The molecule has 7 heteroatoms. The average molecular weight is 435 g/mol. The number of rotatable bonds is 4. The molecule has 2 N–H and O–H groups in total. The number of nitrogens with zero attached hydrogens (tertiary/aromatic N) is 1. The molecule has 162 valence electrons. The Morgan fingerprint density at radius 2 is 1.62 bits per heavy atom. The van der Waals surface area contributed by atoms with E-state index in [1.165, 1.54) is 24.3 Å². The van der Waals surface area contributed by atoms with Crippen LogP contribution >= 0.6 is 0 Å². The van der Waals surface area contributed by atoms with Crippen molar-refractivity contribution in [1.82, 2.24) is 0 Å². The molecule has 1 saturated heterocycles. The fourth-order valence-electron chi connectivity index (χ4n) is 3.78. The molecule has 1 heterocycles. The molecule has 5 nitrogen and oxygen atoms in total. The Kier molecular flexibility index (Phi) is 5.48. The smallest absolute Gasteiger partial charge is 0.300 e. The predicted molar refractivity (Wildman–Crippen MR) is 115 cm³/mol. The van der Waals surface area contributed by atoms with Gasteiger partial charge in [-0.15, -0.1) is 0 Å². The number of anilines is 1. The normalized spacial score (nSPS) is 17.7. The zero-order valence-corrected chi connectivity index (χ0v) is 17.0. The minimum absolute atomic E-state index is 0.0576. The Hall–Kier alpha value is -4.00. The van der Waals surface area contributed by atoms with Gasteiger partial charge >= 0.3 is 0 Å². The van der Waals surface area contributed by atoms with E-state index in [1.54, 1.807) is 24.3 Å². The lowest BCUT2D eigenvalue weighted by molar-refractivity contribution is -0.132. The largest absolute Gasteiger partial charge is 0.508 e. The number of Topliss-reactive ketones (excluding diaryl/α,β-unsaturated/α-hetero) is 1. The van der Waals surface area contributed by atoms with Gasteiger partial charge in [0.2, 0.25) is 0 Å². The molecule has 0 bridgehead atoms. The van der Waals surface area contributed by atoms with E-state index in [0.717, 1.165) is 35.1 Å². The molecule has 32 heavy (non-hydrogen) atoms. The maximum Gasteiger partial charge on any atom is 0.300 e. The van der Waals surface area contributed by atoms with Crippen LogP contribution in [0.1, 0.15) is 29.7 Å². The quantitative estimate of drug-likeness (QED) is 0.349. The summed E-state index contributed by atoms with van der Waals surface area (Å²) in [6.07, 6.45) is 0.776. The van der Waals surface area contributed by atoms with Crippen LogP contribution in [0.25, 0.3) is 5.76 Å². The predicted octanol–water partition coefficient (Wildman–Crippen LogP) is 4.86. The summed E-state index contributed by atoms with van der Waals surface area (Å²) in [5, 5.41) is 20.7. The van der Waals surface area contributed by atoms with Crippen molar-refractivity contribution in [2.45, 2.75) is 19.4 Å². The van der Waals surface area contributed by atoms with Crippen LogP contribution in [0.5, 0.6) is 5.75 Å². The summed E-state index contributed by atoms with van der Waals surface area (Å²) >= 11 is 0. The van der Waals surface area contributed by atoms with Crippen LogP contribution in [-0.2, 0) is 16.0 Å². The van der Waals surface area contributed by atoms with Gasteiger partial charge in [0.25, 0.3) is 11.7 Å². The zero-order valence-electron chi connectivity index (χ0n) is 17.0. The van der Waals surface area contributed by atoms with Gasteiger partial charge in [0, 0.05) is 11.6 Å². The molecule has 1 fully saturated rings. The Labute approximate surface area is 182 Å². The molecule has 1 unspecified atom stereocenters. The highest BCUT2D eigenvalue weighted by Gasteiger charge is 2.47. The first-order chi connectivity index (χ1) is 15.3. The molecule has 0 aliphatic carbocycles. The number of benzene rings is 3. The Balaban J connectivity index is 1.95. The molecule has 3 aromatic carbocycles. The summed E-state index contributed by atoms with van der Waals surface area (Å²) in [4.78, 5) is 26.8. The van der Waals surface area contributed by atoms with E-state index in [0.29, 0.717) is 11.1 Å². The molecule has 0 saturated carbocycles. The Morgan fingerprint density at radius 1 is 0.969 bits per heavy atom. The molecule has 0 radical (unpaired) electrons. The van der Waals surface area contributed by atoms with Crippen LogP contribution in [-0.4, -0.2) is 21.9 Å². The average Bonchev–Trinajstić information content (AvgIpc) is 3.06. The molecular formula is C25H19F2NO4. The maximum atomic E-state index is 14.6. The third-order valence-corrected chi connectivity index (χ3v) is 5.46. The third-order valence-electron chi connectivity index (χ3n) is 5.46. The van der Waals surface area contributed by atoms with Crippen LogP contribution in [0, 0.1) is 11.6 Å². The number of hydrogen-bond donors (Lipinski definition) is 2.